The van der Waals surface area contributed by atoms with Crippen molar-refractivity contribution in [3.63, 3.8) is 0 Å². The van der Waals surface area contributed by atoms with Gasteiger partial charge in [-0.15, -0.1) is 0 Å². The maximum atomic E-state index is 12.7. The summed E-state index contributed by atoms with van der Waals surface area (Å²) < 4.78 is 30.4. The molecule has 0 saturated heterocycles. The monoisotopic (exact) mass is 396 g/mol. The Morgan fingerprint density at radius 2 is 1.85 bits per heavy atom. The van der Waals surface area contributed by atoms with Gasteiger partial charge in [0.2, 0.25) is 5.91 Å². The maximum absolute atomic E-state index is 12.7. The number of rotatable bonds is 6. The Hall–Kier alpha value is -2.09. The van der Waals surface area contributed by atoms with Gasteiger partial charge < -0.3 is 15.4 Å². The van der Waals surface area contributed by atoms with Crippen LogP contribution in [-0.2, 0) is 19.4 Å². The third-order valence-corrected chi connectivity index (χ3v) is 6.47. The van der Waals surface area contributed by atoms with Crippen LogP contribution in [0.4, 0.5) is 10.5 Å². The van der Waals surface area contributed by atoms with E-state index < -0.39 is 21.5 Å². The minimum atomic E-state index is -3.37. The van der Waals surface area contributed by atoms with Crippen LogP contribution in [-0.4, -0.2) is 37.8 Å². The highest BCUT2D eigenvalue weighted by Gasteiger charge is 2.30. The van der Waals surface area contributed by atoms with E-state index in [9.17, 15) is 18.0 Å². The highest BCUT2D eigenvalue weighted by atomic mass is 32.2. The Morgan fingerprint density at radius 3 is 2.48 bits per heavy atom. The molecule has 1 aliphatic carbocycles. The van der Waals surface area contributed by atoms with E-state index in [1.165, 1.54) is 6.07 Å². The number of ether oxygens (including phenoxy) is 1. The third-order valence-electron chi connectivity index (χ3n) is 4.21. The first kappa shape index (κ1) is 21.2. The number of carbonyl (C=O) groups excluding carboxylic acids is 2. The second-order valence-electron chi connectivity index (χ2n) is 7.71. The fraction of sp³-hybridized carbons (Fsp3) is 0.579. The zero-order valence-electron chi connectivity index (χ0n) is 16.1. The van der Waals surface area contributed by atoms with Crippen molar-refractivity contribution in [1.29, 1.82) is 0 Å². The minimum absolute atomic E-state index is 0.0544. The molecule has 1 aliphatic rings. The summed E-state index contributed by atoms with van der Waals surface area (Å²) in [5.74, 6) is -0.318. The molecule has 0 unspecified atom stereocenters. The SMILES string of the molecule is CC(C)(C)OC(=O)NCCC(=O)Nc1cccc(S(=O)(=O)C2CCCC2)c1. The van der Waals surface area contributed by atoms with Crippen LogP contribution in [0.1, 0.15) is 52.9 Å². The highest BCUT2D eigenvalue weighted by Crippen LogP contribution is 2.30. The van der Waals surface area contributed by atoms with Crippen molar-refractivity contribution in [1.82, 2.24) is 5.32 Å². The van der Waals surface area contributed by atoms with E-state index in [1.54, 1.807) is 39.0 Å². The molecule has 7 nitrogen and oxygen atoms in total. The average molecular weight is 397 g/mol. The number of anilines is 1. The molecular weight excluding hydrogens is 368 g/mol. The van der Waals surface area contributed by atoms with Gasteiger partial charge in [-0.3, -0.25) is 4.79 Å². The molecule has 0 aliphatic heterocycles. The first-order valence-corrected chi connectivity index (χ1v) is 10.7. The largest absolute Gasteiger partial charge is 0.444 e. The van der Waals surface area contributed by atoms with Gasteiger partial charge in [0.25, 0.3) is 0 Å². The molecule has 0 atom stereocenters. The molecule has 1 saturated carbocycles. The molecule has 1 aromatic rings. The van der Waals surface area contributed by atoms with Gasteiger partial charge in [0.15, 0.2) is 9.84 Å². The number of carbonyl (C=O) groups is 2. The first-order valence-electron chi connectivity index (χ1n) is 9.18. The molecule has 0 heterocycles. The van der Waals surface area contributed by atoms with Crippen molar-refractivity contribution in [2.75, 3.05) is 11.9 Å². The Balaban J connectivity index is 1.88. The second-order valence-corrected chi connectivity index (χ2v) is 9.93. The first-order chi connectivity index (χ1) is 12.6. The lowest BCUT2D eigenvalue weighted by molar-refractivity contribution is -0.116. The van der Waals surface area contributed by atoms with Crippen LogP contribution in [0.15, 0.2) is 29.2 Å². The van der Waals surface area contributed by atoms with Crippen LogP contribution in [0.25, 0.3) is 0 Å². The van der Waals surface area contributed by atoms with Crippen LogP contribution in [0.3, 0.4) is 0 Å². The zero-order valence-corrected chi connectivity index (χ0v) is 16.9. The van der Waals surface area contributed by atoms with Crippen molar-refractivity contribution < 1.29 is 22.7 Å². The summed E-state index contributed by atoms with van der Waals surface area (Å²) in [5.41, 5.74) is -0.172. The van der Waals surface area contributed by atoms with Gasteiger partial charge in [0.05, 0.1) is 10.1 Å². The molecule has 1 aromatic carbocycles. The summed E-state index contributed by atoms with van der Waals surface area (Å²) in [6, 6.07) is 6.32. The maximum Gasteiger partial charge on any atom is 0.407 e. The van der Waals surface area contributed by atoms with E-state index in [4.69, 9.17) is 4.74 Å². The van der Waals surface area contributed by atoms with Gasteiger partial charge in [0.1, 0.15) is 5.60 Å². The Kier molecular flexibility index (Phi) is 6.86. The predicted molar refractivity (Wildman–Crippen MR) is 103 cm³/mol. The Labute approximate surface area is 160 Å². The summed E-state index contributed by atoms with van der Waals surface area (Å²) in [7, 11) is -3.37. The molecule has 2 amide bonds. The third kappa shape index (κ3) is 6.53. The van der Waals surface area contributed by atoms with Gasteiger partial charge >= 0.3 is 6.09 Å². The van der Waals surface area contributed by atoms with Crippen LogP contribution in [0.2, 0.25) is 0 Å². The van der Waals surface area contributed by atoms with Crippen LogP contribution < -0.4 is 10.6 Å². The van der Waals surface area contributed by atoms with Gasteiger partial charge in [-0.25, -0.2) is 13.2 Å². The van der Waals surface area contributed by atoms with Crippen molar-refractivity contribution >= 4 is 27.5 Å². The van der Waals surface area contributed by atoms with Crippen LogP contribution in [0, 0.1) is 0 Å². The fourth-order valence-corrected chi connectivity index (χ4v) is 4.86. The predicted octanol–water partition coefficient (Wildman–Crippen LogP) is 3.26. The summed E-state index contributed by atoms with van der Waals surface area (Å²) in [6.07, 6.45) is 2.72. The molecule has 27 heavy (non-hydrogen) atoms. The van der Waals surface area contributed by atoms with Crippen LogP contribution >= 0.6 is 0 Å². The van der Waals surface area contributed by atoms with Crippen molar-refractivity contribution in [3.05, 3.63) is 24.3 Å². The molecular formula is C19H28N2O5S. The number of alkyl carbamates (subject to hydrolysis) is 1. The van der Waals surface area contributed by atoms with E-state index in [-0.39, 0.29) is 29.0 Å². The quantitative estimate of drug-likeness (QED) is 0.768. The molecule has 150 valence electrons. The van der Waals surface area contributed by atoms with Crippen molar-refractivity contribution in [3.8, 4) is 0 Å². The smallest absolute Gasteiger partial charge is 0.407 e. The summed E-state index contributed by atoms with van der Waals surface area (Å²) >= 11 is 0. The highest BCUT2D eigenvalue weighted by molar-refractivity contribution is 7.92. The molecule has 2 rings (SSSR count). The lowest BCUT2D eigenvalue weighted by Gasteiger charge is -2.19. The molecule has 0 radical (unpaired) electrons. The molecule has 0 spiro atoms. The number of benzene rings is 1. The number of sulfone groups is 1. The van der Waals surface area contributed by atoms with Gasteiger partial charge in [-0.05, 0) is 51.8 Å². The number of hydrogen-bond acceptors (Lipinski definition) is 5. The second kappa shape index (κ2) is 8.73. The lowest BCUT2D eigenvalue weighted by atomic mass is 10.2. The standard InChI is InChI=1S/C19H28N2O5S/c1-19(2,3)26-18(23)20-12-11-17(22)21-14-7-6-10-16(13-14)27(24,25)15-8-4-5-9-15/h6-7,10,13,15H,4-5,8-9,11-12H2,1-3H3,(H,20,23)(H,21,22). The summed E-state index contributed by atoms with van der Waals surface area (Å²) in [6.45, 7) is 5.39. The fourth-order valence-electron chi connectivity index (χ4n) is 2.96. The summed E-state index contributed by atoms with van der Waals surface area (Å²) in [5, 5.41) is 4.85. The Bertz CT molecular complexity index is 778. The van der Waals surface area contributed by atoms with E-state index >= 15 is 0 Å². The number of nitrogens with one attached hydrogen (secondary N) is 2. The lowest BCUT2D eigenvalue weighted by Crippen LogP contribution is -2.34. The number of amides is 2. The molecule has 1 fully saturated rings. The van der Waals surface area contributed by atoms with E-state index in [0.29, 0.717) is 18.5 Å². The zero-order chi connectivity index (χ0) is 20.1. The average Bonchev–Trinajstić information content (AvgIpc) is 3.08. The van der Waals surface area contributed by atoms with E-state index in [1.807, 2.05) is 0 Å². The van der Waals surface area contributed by atoms with Crippen molar-refractivity contribution in [2.45, 2.75) is 68.6 Å². The Morgan fingerprint density at radius 1 is 1.19 bits per heavy atom. The van der Waals surface area contributed by atoms with Gasteiger partial charge in [0, 0.05) is 18.7 Å². The molecule has 0 aromatic heterocycles. The van der Waals surface area contributed by atoms with Crippen molar-refractivity contribution in [2.24, 2.45) is 0 Å². The number of hydrogen-bond donors (Lipinski definition) is 2. The molecule has 8 heteroatoms. The molecule has 2 N–H and O–H groups in total. The summed E-state index contributed by atoms with van der Waals surface area (Å²) in [4.78, 5) is 23.8. The topological polar surface area (TPSA) is 102 Å². The van der Waals surface area contributed by atoms with Crippen LogP contribution in [0.5, 0.6) is 0 Å². The van der Waals surface area contributed by atoms with Gasteiger partial charge in [-0.2, -0.15) is 0 Å². The molecule has 0 bridgehead atoms. The normalized spacial score (nSPS) is 15.4. The van der Waals surface area contributed by atoms with Gasteiger partial charge in [-0.1, -0.05) is 18.9 Å². The van der Waals surface area contributed by atoms with E-state index in [0.717, 1.165) is 12.8 Å². The van der Waals surface area contributed by atoms with E-state index in [2.05, 4.69) is 10.6 Å². The minimum Gasteiger partial charge on any atom is -0.444 e.